The van der Waals surface area contributed by atoms with Crippen molar-refractivity contribution in [2.45, 2.75) is 33.3 Å². The van der Waals surface area contributed by atoms with Crippen LogP contribution in [-0.2, 0) is 0 Å². The number of nitrogens with one attached hydrogen (secondary N) is 1. The summed E-state index contributed by atoms with van der Waals surface area (Å²) in [4.78, 5) is 12.0. The van der Waals surface area contributed by atoms with Crippen molar-refractivity contribution in [3.05, 3.63) is 29.6 Å². The van der Waals surface area contributed by atoms with Gasteiger partial charge in [0.15, 0.2) is 0 Å². The van der Waals surface area contributed by atoms with Gasteiger partial charge in [0.1, 0.15) is 17.1 Å². The minimum absolute atomic E-state index is 0.0418. The third-order valence-electron chi connectivity index (χ3n) is 2.77. The summed E-state index contributed by atoms with van der Waals surface area (Å²) in [5.41, 5.74) is -0.183. The van der Waals surface area contributed by atoms with Crippen molar-refractivity contribution in [3.63, 3.8) is 0 Å². The van der Waals surface area contributed by atoms with E-state index in [1.807, 2.05) is 20.8 Å². The average molecular weight is 283 g/mol. The van der Waals surface area contributed by atoms with Crippen molar-refractivity contribution in [3.8, 4) is 5.75 Å². The summed E-state index contributed by atoms with van der Waals surface area (Å²) in [6.07, 6.45) is -0.126. The quantitative estimate of drug-likeness (QED) is 0.872. The molecule has 20 heavy (non-hydrogen) atoms. The van der Waals surface area contributed by atoms with Gasteiger partial charge in [0.2, 0.25) is 0 Å². The van der Waals surface area contributed by atoms with E-state index >= 15 is 0 Å². The summed E-state index contributed by atoms with van der Waals surface area (Å²) in [6, 6.07) is 4.19. The van der Waals surface area contributed by atoms with Crippen LogP contribution in [-0.4, -0.2) is 30.8 Å². The number of benzene rings is 1. The van der Waals surface area contributed by atoms with Crippen LogP contribution < -0.4 is 10.1 Å². The highest BCUT2D eigenvalue weighted by molar-refractivity contribution is 5.97. The number of carbonyl (C=O) groups is 1. The van der Waals surface area contributed by atoms with Gasteiger partial charge in [-0.05, 0) is 24.0 Å². The first kappa shape index (κ1) is 16.4. The molecule has 1 rings (SSSR count). The van der Waals surface area contributed by atoms with Gasteiger partial charge in [0, 0.05) is 6.54 Å². The number of methoxy groups -OCH3 is 1. The van der Waals surface area contributed by atoms with Crippen LogP contribution in [0.5, 0.6) is 5.75 Å². The molecule has 0 aliphatic rings. The maximum absolute atomic E-state index is 13.7. The Hall–Kier alpha value is -1.62. The normalized spacial score (nSPS) is 12.9. The SMILES string of the molecule is COc1cccc(F)c1C(=O)NCC(O)CC(C)(C)C. The topological polar surface area (TPSA) is 58.6 Å². The van der Waals surface area contributed by atoms with Crippen molar-refractivity contribution < 1.29 is 19.0 Å². The number of hydrogen-bond donors (Lipinski definition) is 2. The molecule has 0 saturated carbocycles. The molecule has 0 aliphatic carbocycles. The smallest absolute Gasteiger partial charge is 0.258 e. The van der Waals surface area contributed by atoms with E-state index in [0.29, 0.717) is 6.42 Å². The number of halogens is 1. The lowest BCUT2D eigenvalue weighted by molar-refractivity contribution is 0.0862. The zero-order chi connectivity index (χ0) is 15.3. The predicted molar refractivity (Wildman–Crippen MR) is 75.4 cm³/mol. The summed E-state index contributed by atoms with van der Waals surface area (Å²) in [7, 11) is 1.38. The molecule has 4 nitrogen and oxygen atoms in total. The molecule has 2 N–H and O–H groups in total. The van der Waals surface area contributed by atoms with Crippen molar-refractivity contribution in [2.75, 3.05) is 13.7 Å². The Morgan fingerprint density at radius 1 is 1.45 bits per heavy atom. The molecule has 1 atom stereocenters. The highest BCUT2D eigenvalue weighted by Gasteiger charge is 2.20. The third-order valence-corrected chi connectivity index (χ3v) is 2.77. The van der Waals surface area contributed by atoms with Crippen LogP contribution in [0.1, 0.15) is 37.6 Å². The van der Waals surface area contributed by atoms with Gasteiger partial charge in [0.05, 0.1) is 13.2 Å². The molecule has 1 aromatic rings. The van der Waals surface area contributed by atoms with Crippen LogP contribution in [0, 0.1) is 11.2 Å². The number of rotatable bonds is 5. The van der Waals surface area contributed by atoms with Crippen LogP contribution in [0.15, 0.2) is 18.2 Å². The molecule has 112 valence electrons. The summed E-state index contributed by atoms with van der Waals surface area (Å²) in [5.74, 6) is -1.06. The van der Waals surface area contributed by atoms with E-state index in [1.54, 1.807) is 0 Å². The Morgan fingerprint density at radius 3 is 2.65 bits per heavy atom. The molecular formula is C15H22FNO3. The lowest BCUT2D eigenvalue weighted by atomic mass is 9.89. The fourth-order valence-electron chi connectivity index (χ4n) is 1.97. The Kier molecular flexibility index (Phi) is 5.51. The molecular weight excluding hydrogens is 261 g/mol. The number of amides is 1. The van der Waals surface area contributed by atoms with E-state index < -0.39 is 17.8 Å². The van der Waals surface area contributed by atoms with Crippen molar-refractivity contribution >= 4 is 5.91 Å². The van der Waals surface area contributed by atoms with Gasteiger partial charge in [-0.25, -0.2) is 4.39 Å². The molecule has 1 amide bonds. The Labute approximate surface area is 119 Å². The predicted octanol–water partition coefficient (Wildman–Crippen LogP) is 2.36. The monoisotopic (exact) mass is 283 g/mol. The molecule has 0 heterocycles. The van der Waals surface area contributed by atoms with Crippen molar-refractivity contribution in [2.24, 2.45) is 5.41 Å². The zero-order valence-electron chi connectivity index (χ0n) is 12.4. The van der Waals surface area contributed by atoms with Crippen LogP contribution in [0.2, 0.25) is 0 Å². The summed E-state index contributed by atoms with van der Waals surface area (Å²) < 4.78 is 18.7. The van der Waals surface area contributed by atoms with Crippen molar-refractivity contribution in [1.82, 2.24) is 5.32 Å². The largest absolute Gasteiger partial charge is 0.496 e. The summed E-state index contributed by atoms with van der Waals surface area (Å²) in [6.45, 7) is 6.07. The first-order chi connectivity index (χ1) is 9.24. The summed E-state index contributed by atoms with van der Waals surface area (Å²) >= 11 is 0. The maximum atomic E-state index is 13.7. The molecule has 0 fully saturated rings. The molecule has 0 saturated heterocycles. The fourth-order valence-corrected chi connectivity index (χ4v) is 1.97. The molecule has 0 aliphatic heterocycles. The van der Waals surface area contributed by atoms with E-state index in [9.17, 15) is 14.3 Å². The number of ether oxygens (including phenoxy) is 1. The lowest BCUT2D eigenvalue weighted by Crippen LogP contribution is -2.34. The molecule has 1 aromatic carbocycles. The first-order valence-electron chi connectivity index (χ1n) is 6.53. The van der Waals surface area contributed by atoms with E-state index in [4.69, 9.17) is 4.74 Å². The first-order valence-corrected chi connectivity index (χ1v) is 6.53. The van der Waals surface area contributed by atoms with Crippen LogP contribution in [0.4, 0.5) is 4.39 Å². The molecule has 0 bridgehead atoms. The number of hydrogen-bond acceptors (Lipinski definition) is 3. The minimum Gasteiger partial charge on any atom is -0.496 e. The molecule has 0 spiro atoms. The van der Waals surface area contributed by atoms with Crippen molar-refractivity contribution in [1.29, 1.82) is 0 Å². The molecule has 1 unspecified atom stereocenters. The zero-order valence-corrected chi connectivity index (χ0v) is 12.4. The van der Waals surface area contributed by atoms with Gasteiger partial charge < -0.3 is 15.2 Å². The highest BCUT2D eigenvalue weighted by atomic mass is 19.1. The summed E-state index contributed by atoms with van der Waals surface area (Å²) in [5, 5.41) is 12.4. The number of aliphatic hydroxyl groups excluding tert-OH is 1. The van der Waals surface area contributed by atoms with E-state index in [0.717, 1.165) is 0 Å². The molecule has 0 radical (unpaired) electrons. The van der Waals surface area contributed by atoms with E-state index in [-0.39, 0.29) is 23.3 Å². The average Bonchev–Trinajstić information content (AvgIpc) is 2.33. The number of aliphatic hydroxyl groups is 1. The van der Waals surface area contributed by atoms with Crippen LogP contribution in [0.3, 0.4) is 0 Å². The number of carbonyl (C=O) groups excluding carboxylic acids is 1. The van der Waals surface area contributed by atoms with Gasteiger partial charge in [0.25, 0.3) is 5.91 Å². The van der Waals surface area contributed by atoms with Gasteiger partial charge in [-0.2, -0.15) is 0 Å². The van der Waals surface area contributed by atoms with E-state index in [2.05, 4.69) is 5.32 Å². The minimum atomic E-state index is -0.670. The van der Waals surface area contributed by atoms with Crippen LogP contribution >= 0.6 is 0 Å². The van der Waals surface area contributed by atoms with Gasteiger partial charge in [-0.15, -0.1) is 0 Å². The second-order valence-corrected chi connectivity index (χ2v) is 5.95. The van der Waals surface area contributed by atoms with Gasteiger partial charge in [-0.3, -0.25) is 4.79 Å². The fraction of sp³-hybridized carbons (Fsp3) is 0.533. The van der Waals surface area contributed by atoms with E-state index in [1.165, 1.54) is 25.3 Å². The second-order valence-electron chi connectivity index (χ2n) is 5.95. The second kappa shape index (κ2) is 6.70. The van der Waals surface area contributed by atoms with Gasteiger partial charge in [-0.1, -0.05) is 26.8 Å². The maximum Gasteiger partial charge on any atom is 0.258 e. The Morgan fingerprint density at radius 2 is 2.10 bits per heavy atom. The van der Waals surface area contributed by atoms with Crippen LogP contribution in [0.25, 0.3) is 0 Å². The molecule has 5 heteroatoms. The standard InChI is InChI=1S/C15H22FNO3/c1-15(2,3)8-10(18)9-17-14(19)13-11(16)6-5-7-12(13)20-4/h5-7,10,18H,8-9H2,1-4H3,(H,17,19). The third kappa shape index (κ3) is 4.81. The lowest BCUT2D eigenvalue weighted by Gasteiger charge is -2.22. The highest BCUT2D eigenvalue weighted by Crippen LogP contribution is 2.22. The molecule has 0 aromatic heterocycles. The Bertz CT molecular complexity index is 469. The van der Waals surface area contributed by atoms with Gasteiger partial charge >= 0.3 is 0 Å². The Balaban J connectivity index is 2.68.